The van der Waals surface area contributed by atoms with Crippen LogP contribution in [0, 0.1) is 0 Å². The first-order valence-electron chi connectivity index (χ1n) is 19.3. The first-order chi connectivity index (χ1) is 29.1. The van der Waals surface area contributed by atoms with Gasteiger partial charge < -0.3 is 9.80 Å². The monoisotopic (exact) mass is 800 g/mol. The fourth-order valence-corrected chi connectivity index (χ4v) is 8.22. The zero-order valence-electron chi connectivity index (χ0n) is 31.8. The SMILES string of the molecule is FC(F)(F)c1ccccc1-c1c2ccccc2c(-c2ccccc2C(F)(F)F)c2c(N(c3ccccc3)c3ccc(N(c4ccccc4)c4ccccc4)cc3)cccc12. The van der Waals surface area contributed by atoms with Gasteiger partial charge in [0, 0.05) is 39.4 Å². The summed E-state index contributed by atoms with van der Waals surface area (Å²) in [5, 5.41) is 1.50. The number of alkyl halides is 6. The molecule has 0 fully saturated rings. The van der Waals surface area contributed by atoms with Crippen molar-refractivity contribution in [3.63, 3.8) is 0 Å². The third-order valence-electron chi connectivity index (χ3n) is 10.7. The Morgan fingerprint density at radius 1 is 0.283 bits per heavy atom. The van der Waals surface area contributed by atoms with Crippen molar-refractivity contribution in [2.75, 3.05) is 9.80 Å². The molecule has 0 spiro atoms. The van der Waals surface area contributed by atoms with Crippen molar-refractivity contribution in [1.82, 2.24) is 0 Å². The standard InChI is InChI=1S/C52H34F6N2/c53-51(54,55)45-28-14-12-25-42(45)48-40-23-10-11-24-41(40)49(43-26-13-15-29-46(43)52(56,57)58)50-44(48)27-16-30-47(50)60(37-21-8-3-9-22-37)39-33-31-38(32-34-39)59(35-17-4-1-5-18-35)36-19-6-2-7-20-36/h1-34H. The molecule has 0 amide bonds. The Hall–Kier alpha value is -7.32. The maximum absolute atomic E-state index is 15.1. The number of halogens is 6. The maximum atomic E-state index is 15.1. The third-order valence-corrected chi connectivity index (χ3v) is 10.7. The van der Waals surface area contributed by atoms with E-state index in [1.807, 2.05) is 126 Å². The van der Waals surface area contributed by atoms with E-state index in [2.05, 4.69) is 4.90 Å². The molecular formula is C52H34F6N2. The predicted octanol–water partition coefficient (Wildman–Crippen LogP) is 16.3. The van der Waals surface area contributed by atoms with E-state index < -0.39 is 23.5 Å². The van der Waals surface area contributed by atoms with Gasteiger partial charge in [-0.1, -0.05) is 127 Å². The summed E-state index contributed by atoms with van der Waals surface area (Å²) in [7, 11) is 0. The van der Waals surface area contributed by atoms with E-state index in [-0.39, 0.29) is 22.3 Å². The number of rotatable bonds is 8. The predicted molar refractivity (Wildman–Crippen MR) is 232 cm³/mol. The van der Waals surface area contributed by atoms with Crippen molar-refractivity contribution in [2.45, 2.75) is 12.4 Å². The summed E-state index contributed by atoms with van der Waals surface area (Å²) in [5.74, 6) is 0. The molecule has 0 saturated heterocycles. The van der Waals surface area contributed by atoms with Crippen molar-refractivity contribution in [1.29, 1.82) is 0 Å². The minimum absolute atomic E-state index is 0.0727. The van der Waals surface area contributed by atoms with Gasteiger partial charge in [0.1, 0.15) is 0 Å². The van der Waals surface area contributed by atoms with Crippen LogP contribution in [-0.4, -0.2) is 0 Å². The highest BCUT2D eigenvalue weighted by molar-refractivity contribution is 6.25. The lowest BCUT2D eigenvalue weighted by molar-refractivity contribution is -0.137. The van der Waals surface area contributed by atoms with Crippen LogP contribution in [0.1, 0.15) is 11.1 Å². The molecule has 9 aromatic rings. The quantitative estimate of drug-likeness (QED) is 0.112. The van der Waals surface area contributed by atoms with Crippen molar-refractivity contribution in [2.24, 2.45) is 0 Å². The van der Waals surface area contributed by atoms with Crippen LogP contribution in [0.25, 0.3) is 43.8 Å². The maximum Gasteiger partial charge on any atom is 0.417 e. The number of nitrogens with zero attached hydrogens (tertiary/aromatic N) is 2. The number of benzene rings is 9. The molecular weight excluding hydrogens is 767 g/mol. The van der Waals surface area contributed by atoms with E-state index in [0.717, 1.165) is 29.2 Å². The molecule has 8 heteroatoms. The molecule has 0 unspecified atom stereocenters. The van der Waals surface area contributed by atoms with Gasteiger partial charge >= 0.3 is 12.4 Å². The molecule has 9 rings (SSSR count). The van der Waals surface area contributed by atoms with Crippen molar-refractivity contribution < 1.29 is 26.3 Å². The first kappa shape index (κ1) is 38.2. The van der Waals surface area contributed by atoms with Gasteiger partial charge in [0.05, 0.1) is 16.8 Å². The summed E-state index contributed by atoms with van der Waals surface area (Å²) < 4.78 is 89.8. The molecule has 0 saturated carbocycles. The molecule has 0 aromatic heterocycles. The van der Waals surface area contributed by atoms with E-state index in [4.69, 9.17) is 0 Å². The van der Waals surface area contributed by atoms with Crippen molar-refractivity contribution in [3.05, 3.63) is 217 Å². The lowest BCUT2D eigenvalue weighted by Gasteiger charge is -2.30. The van der Waals surface area contributed by atoms with Crippen LogP contribution in [0.15, 0.2) is 206 Å². The molecule has 0 radical (unpaired) electrons. The second-order valence-electron chi connectivity index (χ2n) is 14.3. The molecule has 2 nitrogen and oxygen atoms in total. The average Bonchev–Trinajstić information content (AvgIpc) is 3.27. The van der Waals surface area contributed by atoms with Gasteiger partial charge in [-0.05, 0) is 112 Å². The van der Waals surface area contributed by atoms with Crippen LogP contribution in [-0.2, 0) is 12.4 Å². The normalized spacial score (nSPS) is 11.8. The fourth-order valence-electron chi connectivity index (χ4n) is 8.22. The summed E-state index contributed by atoms with van der Waals surface area (Å²) >= 11 is 0. The number of fused-ring (bicyclic) bond motifs is 2. The highest BCUT2D eigenvalue weighted by atomic mass is 19.4. The van der Waals surface area contributed by atoms with Crippen LogP contribution in [0.5, 0.6) is 0 Å². The summed E-state index contributed by atoms with van der Waals surface area (Å²) in [6.45, 7) is 0. The molecule has 0 aliphatic rings. The number of para-hydroxylation sites is 3. The van der Waals surface area contributed by atoms with Crippen molar-refractivity contribution in [3.8, 4) is 22.3 Å². The highest BCUT2D eigenvalue weighted by Gasteiger charge is 2.37. The van der Waals surface area contributed by atoms with E-state index in [1.165, 1.54) is 24.3 Å². The minimum Gasteiger partial charge on any atom is -0.311 e. The smallest absolute Gasteiger partial charge is 0.311 e. The average molecular weight is 801 g/mol. The Morgan fingerprint density at radius 2 is 0.633 bits per heavy atom. The van der Waals surface area contributed by atoms with Crippen LogP contribution in [0.4, 0.5) is 60.5 Å². The summed E-state index contributed by atoms with van der Waals surface area (Å²) in [6.07, 6.45) is -9.45. The number of hydrogen-bond donors (Lipinski definition) is 0. The molecule has 0 aliphatic heterocycles. The van der Waals surface area contributed by atoms with Gasteiger partial charge in [-0.3, -0.25) is 0 Å². The largest absolute Gasteiger partial charge is 0.417 e. The molecule has 60 heavy (non-hydrogen) atoms. The lowest BCUT2D eigenvalue weighted by Crippen LogP contribution is -2.13. The third kappa shape index (κ3) is 7.00. The first-order valence-corrected chi connectivity index (χ1v) is 19.3. The minimum atomic E-state index is -4.74. The second-order valence-corrected chi connectivity index (χ2v) is 14.3. The zero-order chi connectivity index (χ0) is 41.4. The Morgan fingerprint density at radius 3 is 1.12 bits per heavy atom. The summed E-state index contributed by atoms with van der Waals surface area (Å²) in [5.41, 5.74) is 3.28. The fraction of sp³-hybridized carbons (Fsp3) is 0.0385. The van der Waals surface area contributed by atoms with Gasteiger partial charge in [-0.15, -0.1) is 0 Å². The van der Waals surface area contributed by atoms with Gasteiger partial charge in [-0.2, -0.15) is 26.3 Å². The number of anilines is 6. The molecule has 9 aromatic carbocycles. The highest BCUT2D eigenvalue weighted by Crippen LogP contribution is 2.53. The van der Waals surface area contributed by atoms with Crippen LogP contribution >= 0.6 is 0 Å². The lowest BCUT2D eigenvalue weighted by atomic mass is 9.82. The Balaban J connectivity index is 1.38. The summed E-state index contributed by atoms with van der Waals surface area (Å²) in [6, 6.07) is 59.9. The van der Waals surface area contributed by atoms with Crippen molar-refractivity contribution >= 4 is 55.7 Å². The Labute approximate surface area is 342 Å². The van der Waals surface area contributed by atoms with E-state index in [0.29, 0.717) is 38.6 Å². The molecule has 0 atom stereocenters. The summed E-state index contributed by atoms with van der Waals surface area (Å²) in [4.78, 5) is 4.08. The Bertz CT molecular complexity index is 2910. The zero-order valence-corrected chi connectivity index (χ0v) is 31.8. The van der Waals surface area contributed by atoms with E-state index >= 15 is 13.2 Å². The van der Waals surface area contributed by atoms with Gasteiger partial charge in [0.15, 0.2) is 0 Å². The van der Waals surface area contributed by atoms with Crippen LogP contribution in [0.2, 0.25) is 0 Å². The van der Waals surface area contributed by atoms with Gasteiger partial charge in [-0.25, -0.2) is 0 Å². The topological polar surface area (TPSA) is 6.48 Å². The van der Waals surface area contributed by atoms with Crippen LogP contribution < -0.4 is 9.80 Å². The second kappa shape index (κ2) is 15.5. The van der Waals surface area contributed by atoms with E-state index in [1.54, 1.807) is 48.5 Å². The number of hydrogen-bond acceptors (Lipinski definition) is 2. The molecule has 294 valence electrons. The van der Waals surface area contributed by atoms with Crippen LogP contribution in [0.3, 0.4) is 0 Å². The molecule has 0 bridgehead atoms. The Kier molecular flexibility index (Phi) is 9.84. The van der Waals surface area contributed by atoms with Gasteiger partial charge in [0.25, 0.3) is 0 Å². The molecule has 0 aliphatic carbocycles. The molecule has 0 heterocycles. The molecule has 0 N–H and O–H groups in total. The van der Waals surface area contributed by atoms with E-state index in [9.17, 15) is 13.2 Å². The van der Waals surface area contributed by atoms with Gasteiger partial charge in [0.2, 0.25) is 0 Å².